The van der Waals surface area contributed by atoms with Crippen LogP contribution in [0.2, 0.25) is 5.02 Å². The van der Waals surface area contributed by atoms with E-state index < -0.39 is 5.82 Å². The first-order chi connectivity index (χ1) is 9.95. The predicted molar refractivity (Wildman–Crippen MR) is 78.9 cm³/mol. The maximum absolute atomic E-state index is 14.0. The summed E-state index contributed by atoms with van der Waals surface area (Å²) in [5, 5.41) is 6.80. The lowest BCUT2D eigenvalue weighted by atomic mass is 10.0. The molecule has 4 nitrogen and oxygen atoms in total. The third-order valence-electron chi connectivity index (χ3n) is 3.28. The fourth-order valence-corrected chi connectivity index (χ4v) is 2.18. The Labute approximate surface area is 127 Å². The standard InChI is InChI=1S/C15H16ClFN2O2/c1-4-8(2)18-15(20)12-9(3)21-19-14(12)13-10(16)6-5-7-11(13)17/h5-8H,4H2,1-3H3,(H,18,20)/t8-/m0/s1. The lowest BCUT2D eigenvalue weighted by Gasteiger charge is -2.11. The van der Waals surface area contributed by atoms with Crippen LogP contribution in [0.4, 0.5) is 4.39 Å². The molecule has 1 aromatic heterocycles. The Morgan fingerprint density at radius 1 is 1.52 bits per heavy atom. The number of amides is 1. The third kappa shape index (κ3) is 3.08. The number of carbonyl (C=O) groups excluding carboxylic acids is 1. The van der Waals surface area contributed by atoms with Gasteiger partial charge in [0.25, 0.3) is 5.91 Å². The number of benzene rings is 1. The van der Waals surface area contributed by atoms with E-state index in [2.05, 4.69) is 10.5 Å². The quantitative estimate of drug-likeness (QED) is 0.929. The summed E-state index contributed by atoms with van der Waals surface area (Å²) in [6.07, 6.45) is 0.784. The molecule has 0 unspecified atom stereocenters. The average Bonchev–Trinajstić information content (AvgIpc) is 2.80. The van der Waals surface area contributed by atoms with E-state index in [1.54, 1.807) is 13.0 Å². The van der Waals surface area contributed by atoms with Gasteiger partial charge in [0.15, 0.2) is 0 Å². The van der Waals surface area contributed by atoms with Crippen LogP contribution in [0.5, 0.6) is 0 Å². The number of hydrogen-bond donors (Lipinski definition) is 1. The molecule has 0 aliphatic heterocycles. The van der Waals surface area contributed by atoms with Gasteiger partial charge in [0.2, 0.25) is 0 Å². The lowest BCUT2D eigenvalue weighted by molar-refractivity contribution is 0.0938. The zero-order valence-corrected chi connectivity index (χ0v) is 12.8. The number of rotatable bonds is 4. The van der Waals surface area contributed by atoms with Gasteiger partial charge >= 0.3 is 0 Å². The first kappa shape index (κ1) is 15.5. The molecule has 1 amide bonds. The smallest absolute Gasteiger partial charge is 0.257 e. The van der Waals surface area contributed by atoms with Crippen molar-refractivity contribution in [3.05, 3.63) is 40.4 Å². The first-order valence-electron chi connectivity index (χ1n) is 6.67. The Bertz CT molecular complexity index is 649. The van der Waals surface area contributed by atoms with E-state index in [1.807, 2.05) is 13.8 Å². The van der Waals surface area contributed by atoms with E-state index in [1.165, 1.54) is 12.1 Å². The molecule has 1 N–H and O–H groups in total. The number of hydrogen-bond acceptors (Lipinski definition) is 3. The molecular formula is C15H16ClFN2O2. The molecule has 21 heavy (non-hydrogen) atoms. The SMILES string of the molecule is CC[C@H](C)NC(=O)c1c(-c2c(F)cccc2Cl)noc1C. The molecule has 0 spiro atoms. The van der Waals surface area contributed by atoms with E-state index in [-0.39, 0.29) is 33.8 Å². The monoisotopic (exact) mass is 310 g/mol. The molecular weight excluding hydrogens is 295 g/mol. The van der Waals surface area contributed by atoms with Crippen molar-refractivity contribution in [2.75, 3.05) is 0 Å². The van der Waals surface area contributed by atoms with Gasteiger partial charge in [-0.3, -0.25) is 4.79 Å². The largest absolute Gasteiger partial charge is 0.360 e. The Morgan fingerprint density at radius 3 is 2.86 bits per heavy atom. The average molecular weight is 311 g/mol. The van der Waals surface area contributed by atoms with E-state index in [9.17, 15) is 9.18 Å². The van der Waals surface area contributed by atoms with Crippen LogP contribution in [0, 0.1) is 12.7 Å². The van der Waals surface area contributed by atoms with Crippen LogP contribution in [-0.2, 0) is 0 Å². The van der Waals surface area contributed by atoms with E-state index in [4.69, 9.17) is 16.1 Å². The summed E-state index contributed by atoms with van der Waals surface area (Å²) in [7, 11) is 0. The number of aryl methyl sites for hydroxylation is 1. The highest BCUT2D eigenvalue weighted by atomic mass is 35.5. The van der Waals surface area contributed by atoms with Crippen molar-refractivity contribution in [3.8, 4) is 11.3 Å². The number of carbonyl (C=O) groups is 1. The number of nitrogens with zero attached hydrogens (tertiary/aromatic N) is 1. The van der Waals surface area contributed by atoms with Gasteiger partial charge < -0.3 is 9.84 Å². The Hall–Kier alpha value is -1.88. The fraction of sp³-hybridized carbons (Fsp3) is 0.333. The number of halogens is 2. The van der Waals surface area contributed by atoms with Gasteiger partial charge in [-0.05, 0) is 32.4 Å². The molecule has 0 bridgehead atoms. The molecule has 112 valence electrons. The normalized spacial score (nSPS) is 12.2. The highest BCUT2D eigenvalue weighted by Crippen LogP contribution is 2.33. The zero-order valence-electron chi connectivity index (χ0n) is 12.0. The molecule has 1 aromatic carbocycles. The van der Waals surface area contributed by atoms with Crippen molar-refractivity contribution in [2.45, 2.75) is 33.2 Å². The topological polar surface area (TPSA) is 55.1 Å². The molecule has 1 atom stereocenters. The minimum absolute atomic E-state index is 0.00394. The van der Waals surface area contributed by atoms with E-state index in [0.717, 1.165) is 6.42 Å². The van der Waals surface area contributed by atoms with Crippen molar-refractivity contribution in [1.82, 2.24) is 10.5 Å². The van der Waals surface area contributed by atoms with E-state index in [0.29, 0.717) is 5.76 Å². The van der Waals surface area contributed by atoms with Crippen LogP contribution in [-0.4, -0.2) is 17.1 Å². The number of aromatic nitrogens is 1. The van der Waals surface area contributed by atoms with Crippen molar-refractivity contribution in [3.63, 3.8) is 0 Å². The maximum Gasteiger partial charge on any atom is 0.257 e. The minimum atomic E-state index is -0.548. The van der Waals surface area contributed by atoms with Gasteiger partial charge in [0, 0.05) is 6.04 Å². The highest BCUT2D eigenvalue weighted by Gasteiger charge is 2.25. The summed E-state index contributed by atoms with van der Waals surface area (Å²) in [6, 6.07) is 4.30. The molecule has 2 rings (SSSR count). The lowest BCUT2D eigenvalue weighted by Crippen LogP contribution is -2.32. The van der Waals surface area contributed by atoms with Gasteiger partial charge in [-0.25, -0.2) is 4.39 Å². The van der Waals surface area contributed by atoms with Gasteiger partial charge in [-0.1, -0.05) is 29.7 Å². The summed E-state index contributed by atoms with van der Waals surface area (Å²) in [6.45, 7) is 5.45. The van der Waals surface area contributed by atoms with Crippen LogP contribution >= 0.6 is 11.6 Å². The highest BCUT2D eigenvalue weighted by molar-refractivity contribution is 6.33. The second-order valence-corrected chi connectivity index (χ2v) is 5.25. The Morgan fingerprint density at radius 2 is 2.24 bits per heavy atom. The second-order valence-electron chi connectivity index (χ2n) is 4.84. The molecule has 0 aliphatic carbocycles. The third-order valence-corrected chi connectivity index (χ3v) is 3.59. The van der Waals surface area contributed by atoms with Crippen molar-refractivity contribution in [2.24, 2.45) is 0 Å². The maximum atomic E-state index is 14.0. The Balaban J connectivity index is 2.50. The predicted octanol–water partition coefficient (Wildman–Crippen LogP) is 3.97. The second kappa shape index (κ2) is 6.26. The van der Waals surface area contributed by atoms with Gasteiger partial charge in [0.1, 0.15) is 22.8 Å². The van der Waals surface area contributed by atoms with Crippen LogP contribution in [0.25, 0.3) is 11.3 Å². The van der Waals surface area contributed by atoms with Crippen LogP contribution in [0.15, 0.2) is 22.7 Å². The van der Waals surface area contributed by atoms with Gasteiger partial charge in [-0.2, -0.15) is 0 Å². The van der Waals surface area contributed by atoms with Gasteiger partial charge in [0.05, 0.1) is 10.6 Å². The molecule has 0 saturated carbocycles. The van der Waals surface area contributed by atoms with Crippen molar-refractivity contribution in [1.29, 1.82) is 0 Å². The molecule has 2 aromatic rings. The van der Waals surface area contributed by atoms with Crippen LogP contribution in [0.1, 0.15) is 36.4 Å². The van der Waals surface area contributed by atoms with Gasteiger partial charge in [-0.15, -0.1) is 0 Å². The van der Waals surface area contributed by atoms with Crippen molar-refractivity contribution >= 4 is 17.5 Å². The minimum Gasteiger partial charge on any atom is -0.360 e. The van der Waals surface area contributed by atoms with Crippen molar-refractivity contribution < 1.29 is 13.7 Å². The first-order valence-corrected chi connectivity index (χ1v) is 7.05. The molecule has 0 fully saturated rings. The van der Waals surface area contributed by atoms with Crippen LogP contribution < -0.4 is 5.32 Å². The summed E-state index contributed by atoms with van der Waals surface area (Å²) in [5.41, 5.74) is 0.407. The molecule has 1 heterocycles. The molecule has 0 radical (unpaired) electrons. The Kier molecular flexibility index (Phi) is 4.63. The zero-order chi connectivity index (χ0) is 15.6. The summed E-state index contributed by atoms with van der Waals surface area (Å²) >= 11 is 6.03. The summed E-state index contributed by atoms with van der Waals surface area (Å²) in [4.78, 5) is 12.3. The molecule has 0 saturated heterocycles. The summed E-state index contributed by atoms with van der Waals surface area (Å²) in [5.74, 6) is -0.573. The van der Waals surface area contributed by atoms with E-state index >= 15 is 0 Å². The number of nitrogens with one attached hydrogen (secondary N) is 1. The fourth-order valence-electron chi connectivity index (χ4n) is 1.93. The molecule has 0 aliphatic rings. The summed E-state index contributed by atoms with van der Waals surface area (Å²) < 4.78 is 19.1. The van der Waals surface area contributed by atoms with Crippen LogP contribution in [0.3, 0.4) is 0 Å². The molecule has 6 heteroatoms.